The summed E-state index contributed by atoms with van der Waals surface area (Å²) < 4.78 is 0. The Balaban J connectivity index is 2.14. The molecule has 0 saturated carbocycles. The maximum atomic E-state index is 11.7. The second-order valence-corrected chi connectivity index (χ2v) is 5.87. The maximum absolute atomic E-state index is 11.7. The number of carbonyl (C=O) groups is 1. The van der Waals surface area contributed by atoms with Crippen LogP contribution in [0.15, 0.2) is 24.3 Å². The predicted molar refractivity (Wildman–Crippen MR) is 77.7 cm³/mol. The summed E-state index contributed by atoms with van der Waals surface area (Å²) in [6.45, 7) is 1.95. The van der Waals surface area contributed by atoms with Gasteiger partial charge in [-0.05, 0) is 18.6 Å². The van der Waals surface area contributed by atoms with E-state index in [0.717, 1.165) is 16.8 Å². The van der Waals surface area contributed by atoms with Gasteiger partial charge in [0.1, 0.15) is 0 Å². The van der Waals surface area contributed by atoms with Crippen molar-refractivity contribution in [3.05, 3.63) is 46.1 Å². The van der Waals surface area contributed by atoms with Crippen molar-refractivity contribution in [3.63, 3.8) is 0 Å². The molecule has 4 nitrogen and oxygen atoms in total. The van der Waals surface area contributed by atoms with Gasteiger partial charge in [-0.15, -0.1) is 11.8 Å². The monoisotopic (exact) mass is 293 g/mol. The molecule has 0 spiro atoms. The summed E-state index contributed by atoms with van der Waals surface area (Å²) in [6.07, 6.45) is 0. The van der Waals surface area contributed by atoms with Crippen molar-refractivity contribution in [2.45, 2.75) is 12.2 Å². The van der Waals surface area contributed by atoms with Crippen LogP contribution >= 0.6 is 23.4 Å². The largest absolute Gasteiger partial charge is 0.308 e. The number of rotatable bonds is 1. The zero-order valence-electron chi connectivity index (χ0n) is 10.2. The number of hydrogen-bond acceptors (Lipinski definition) is 3. The molecule has 3 rings (SSSR count). The number of hydrogen-bond donors (Lipinski definition) is 2. The molecule has 0 radical (unpaired) electrons. The van der Waals surface area contributed by atoms with Gasteiger partial charge < -0.3 is 5.32 Å². The Morgan fingerprint density at radius 3 is 3.00 bits per heavy atom. The Kier molecular flexibility index (Phi) is 3.24. The zero-order chi connectivity index (χ0) is 13.4. The molecule has 1 aromatic heterocycles. The highest BCUT2D eigenvalue weighted by Gasteiger charge is 2.29. The first-order valence-electron chi connectivity index (χ1n) is 5.87. The van der Waals surface area contributed by atoms with Gasteiger partial charge in [-0.1, -0.05) is 29.8 Å². The van der Waals surface area contributed by atoms with Crippen LogP contribution in [0, 0.1) is 6.92 Å². The van der Waals surface area contributed by atoms with Crippen molar-refractivity contribution in [1.82, 2.24) is 10.2 Å². The van der Waals surface area contributed by atoms with E-state index in [0.29, 0.717) is 16.6 Å². The highest BCUT2D eigenvalue weighted by Crippen LogP contribution is 2.44. The van der Waals surface area contributed by atoms with Crippen LogP contribution < -0.4 is 5.32 Å². The lowest BCUT2D eigenvalue weighted by atomic mass is 10.0. The molecule has 0 saturated heterocycles. The van der Waals surface area contributed by atoms with Crippen LogP contribution in [0.25, 0.3) is 0 Å². The van der Waals surface area contributed by atoms with Gasteiger partial charge in [-0.2, -0.15) is 5.10 Å². The van der Waals surface area contributed by atoms with Crippen molar-refractivity contribution in [3.8, 4) is 0 Å². The molecule has 1 aliphatic heterocycles. The third kappa shape index (κ3) is 2.24. The molecule has 2 aromatic rings. The molecular weight excluding hydrogens is 282 g/mol. The van der Waals surface area contributed by atoms with Crippen LogP contribution in [0.3, 0.4) is 0 Å². The second kappa shape index (κ2) is 4.90. The summed E-state index contributed by atoms with van der Waals surface area (Å²) in [4.78, 5) is 11.7. The van der Waals surface area contributed by atoms with Crippen molar-refractivity contribution in [2.24, 2.45) is 0 Å². The van der Waals surface area contributed by atoms with Gasteiger partial charge in [0, 0.05) is 16.3 Å². The molecule has 0 bridgehead atoms. The second-order valence-electron chi connectivity index (χ2n) is 4.37. The molecule has 0 fully saturated rings. The molecule has 2 N–H and O–H groups in total. The predicted octanol–water partition coefficient (Wildman–Crippen LogP) is 3.15. The minimum absolute atomic E-state index is 0.0152. The van der Waals surface area contributed by atoms with Crippen molar-refractivity contribution in [2.75, 3.05) is 11.1 Å². The van der Waals surface area contributed by atoms with Crippen LogP contribution in [0.1, 0.15) is 22.1 Å². The van der Waals surface area contributed by atoms with Gasteiger partial charge in [0.05, 0.1) is 11.0 Å². The molecule has 98 valence electrons. The Morgan fingerprint density at radius 2 is 2.21 bits per heavy atom. The number of anilines is 1. The van der Waals surface area contributed by atoms with E-state index in [1.165, 1.54) is 0 Å². The van der Waals surface area contributed by atoms with Crippen LogP contribution in [-0.4, -0.2) is 21.9 Å². The number of halogens is 1. The molecule has 0 aliphatic carbocycles. The van der Waals surface area contributed by atoms with Gasteiger partial charge in [0.25, 0.3) is 0 Å². The molecule has 1 aromatic carbocycles. The SMILES string of the molecule is Cc1[nH]nc2c1[C@@H](c1ccccc1Cl)SCC(=O)N2. The fourth-order valence-electron chi connectivity index (χ4n) is 2.20. The standard InChI is InChI=1S/C13H12ClN3OS/c1-7-11-12(8-4-2-3-5-9(8)14)19-6-10(18)15-13(11)17-16-7/h2-5,12H,6H2,1H3,(H2,15,16,17,18)/t12-/m1/s1. The third-order valence-electron chi connectivity index (χ3n) is 3.08. The molecule has 1 aliphatic rings. The molecule has 0 unspecified atom stereocenters. The zero-order valence-corrected chi connectivity index (χ0v) is 11.8. The smallest absolute Gasteiger partial charge is 0.235 e. The number of carbonyl (C=O) groups excluding carboxylic acids is 1. The highest BCUT2D eigenvalue weighted by molar-refractivity contribution is 8.00. The van der Waals surface area contributed by atoms with Crippen LogP contribution in [0.4, 0.5) is 5.82 Å². The number of H-pyrrole nitrogens is 1. The van der Waals surface area contributed by atoms with Gasteiger partial charge in [-0.25, -0.2) is 0 Å². The summed E-state index contributed by atoms with van der Waals surface area (Å²) in [7, 11) is 0. The van der Waals surface area contributed by atoms with Gasteiger partial charge in [0.15, 0.2) is 5.82 Å². The first-order valence-corrected chi connectivity index (χ1v) is 7.30. The number of thioether (sulfide) groups is 1. The van der Waals surface area contributed by atoms with Crippen LogP contribution in [0.2, 0.25) is 5.02 Å². The minimum atomic E-state index is -0.0349. The van der Waals surface area contributed by atoms with Gasteiger partial charge in [-0.3, -0.25) is 9.89 Å². The van der Waals surface area contributed by atoms with E-state index in [2.05, 4.69) is 15.5 Å². The number of nitrogens with one attached hydrogen (secondary N) is 2. The van der Waals surface area contributed by atoms with E-state index >= 15 is 0 Å². The first kappa shape index (κ1) is 12.6. The topological polar surface area (TPSA) is 57.8 Å². The van der Waals surface area contributed by atoms with Gasteiger partial charge in [0.2, 0.25) is 5.91 Å². The fourth-order valence-corrected chi connectivity index (χ4v) is 3.74. The molecule has 1 amide bonds. The number of benzene rings is 1. The Hall–Kier alpha value is -1.46. The lowest BCUT2D eigenvalue weighted by Gasteiger charge is -2.16. The van der Waals surface area contributed by atoms with E-state index in [-0.39, 0.29) is 11.2 Å². The van der Waals surface area contributed by atoms with Gasteiger partial charge >= 0.3 is 0 Å². The Bertz CT molecular complexity index is 641. The summed E-state index contributed by atoms with van der Waals surface area (Å²) in [6, 6.07) is 7.72. The van der Waals surface area contributed by atoms with Crippen molar-refractivity contribution in [1.29, 1.82) is 0 Å². The fraction of sp³-hybridized carbons (Fsp3) is 0.231. The lowest BCUT2D eigenvalue weighted by molar-refractivity contribution is -0.113. The van der Waals surface area contributed by atoms with E-state index in [9.17, 15) is 4.79 Å². The van der Waals surface area contributed by atoms with Crippen molar-refractivity contribution >= 4 is 35.1 Å². The normalized spacial score (nSPS) is 18.6. The lowest BCUT2D eigenvalue weighted by Crippen LogP contribution is -2.12. The van der Waals surface area contributed by atoms with E-state index in [1.54, 1.807) is 11.8 Å². The van der Waals surface area contributed by atoms with E-state index in [1.807, 2.05) is 31.2 Å². The maximum Gasteiger partial charge on any atom is 0.235 e. The number of fused-ring (bicyclic) bond motifs is 1. The number of aryl methyl sites for hydroxylation is 1. The average molecular weight is 294 g/mol. The molecule has 6 heteroatoms. The number of aromatic nitrogens is 2. The average Bonchev–Trinajstić information content (AvgIpc) is 2.65. The number of aromatic amines is 1. The van der Waals surface area contributed by atoms with E-state index < -0.39 is 0 Å². The van der Waals surface area contributed by atoms with Crippen LogP contribution in [0.5, 0.6) is 0 Å². The molecule has 19 heavy (non-hydrogen) atoms. The van der Waals surface area contributed by atoms with Crippen LogP contribution in [-0.2, 0) is 4.79 Å². The molecule has 2 heterocycles. The number of nitrogens with zero attached hydrogens (tertiary/aromatic N) is 1. The minimum Gasteiger partial charge on any atom is -0.308 e. The summed E-state index contributed by atoms with van der Waals surface area (Å²) in [5, 5.41) is 10.6. The third-order valence-corrected chi connectivity index (χ3v) is 4.68. The Labute approximate surface area is 119 Å². The Morgan fingerprint density at radius 1 is 1.42 bits per heavy atom. The quantitative estimate of drug-likeness (QED) is 0.849. The van der Waals surface area contributed by atoms with Crippen molar-refractivity contribution < 1.29 is 4.79 Å². The summed E-state index contributed by atoms with van der Waals surface area (Å²) in [5.41, 5.74) is 2.97. The number of amides is 1. The molecular formula is C13H12ClN3OS. The first-order chi connectivity index (χ1) is 9.16. The summed E-state index contributed by atoms with van der Waals surface area (Å²) >= 11 is 7.85. The summed E-state index contributed by atoms with van der Waals surface area (Å²) in [5.74, 6) is 0.968. The molecule has 1 atom stereocenters. The van der Waals surface area contributed by atoms with E-state index in [4.69, 9.17) is 11.6 Å². The highest BCUT2D eigenvalue weighted by atomic mass is 35.5.